The molecule has 1 heterocycles. The Morgan fingerprint density at radius 1 is 1.27 bits per heavy atom. The fourth-order valence-corrected chi connectivity index (χ4v) is 1.40. The zero-order valence-corrected chi connectivity index (χ0v) is 7.88. The number of imide groups is 1. The van der Waals surface area contributed by atoms with Crippen molar-refractivity contribution >= 4 is 11.8 Å². The Balaban J connectivity index is 2.21. The topological polar surface area (TPSA) is 57.6 Å². The standard InChI is InChI=1S/C11H9NO3/c13-9-6-7-12(11(9)15)10(14)8-4-2-1-3-5-8/h1-6,13H,7H2. The van der Waals surface area contributed by atoms with Crippen LogP contribution in [0.2, 0.25) is 0 Å². The van der Waals surface area contributed by atoms with Crippen LogP contribution in [0.3, 0.4) is 0 Å². The highest BCUT2D eigenvalue weighted by molar-refractivity contribution is 6.10. The van der Waals surface area contributed by atoms with Crippen LogP contribution >= 0.6 is 0 Å². The van der Waals surface area contributed by atoms with Crippen LogP contribution in [0.15, 0.2) is 42.2 Å². The Morgan fingerprint density at radius 3 is 2.47 bits per heavy atom. The van der Waals surface area contributed by atoms with Gasteiger partial charge in [0.15, 0.2) is 5.76 Å². The zero-order valence-electron chi connectivity index (χ0n) is 7.88. The number of carbonyl (C=O) groups is 2. The van der Waals surface area contributed by atoms with Crippen molar-refractivity contribution in [3.05, 3.63) is 47.7 Å². The van der Waals surface area contributed by atoms with Crippen molar-refractivity contribution in [1.29, 1.82) is 0 Å². The number of amides is 2. The maximum atomic E-state index is 11.8. The molecular formula is C11H9NO3. The van der Waals surface area contributed by atoms with Gasteiger partial charge in [0.05, 0.1) is 6.54 Å². The molecule has 76 valence electrons. The summed E-state index contributed by atoms with van der Waals surface area (Å²) in [5.41, 5.74) is 0.439. The van der Waals surface area contributed by atoms with E-state index in [9.17, 15) is 9.59 Å². The van der Waals surface area contributed by atoms with Crippen LogP contribution in [-0.2, 0) is 4.79 Å². The van der Waals surface area contributed by atoms with E-state index >= 15 is 0 Å². The van der Waals surface area contributed by atoms with E-state index in [-0.39, 0.29) is 18.2 Å². The molecule has 0 saturated carbocycles. The zero-order chi connectivity index (χ0) is 10.8. The fourth-order valence-electron chi connectivity index (χ4n) is 1.40. The van der Waals surface area contributed by atoms with E-state index in [1.165, 1.54) is 6.08 Å². The number of aliphatic hydroxyl groups excluding tert-OH is 1. The highest BCUT2D eigenvalue weighted by Crippen LogP contribution is 2.12. The number of hydrogen-bond donors (Lipinski definition) is 1. The third-order valence-corrected chi connectivity index (χ3v) is 2.20. The summed E-state index contributed by atoms with van der Waals surface area (Å²) in [5.74, 6) is -1.39. The van der Waals surface area contributed by atoms with Gasteiger partial charge < -0.3 is 5.11 Å². The maximum Gasteiger partial charge on any atom is 0.295 e. The number of benzene rings is 1. The molecule has 0 radical (unpaired) electrons. The summed E-state index contributed by atoms with van der Waals surface area (Å²) in [4.78, 5) is 24.1. The predicted octanol–water partition coefficient (Wildman–Crippen LogP) is 1.11. The first-order valence-electron chi connectivity index (χ1n) is 4.50. The largest absolute Gasteiger partial charge is 0.503 e. The molecule has 1 aromatic carbocycles. The van der Waals surface area contributed by atoms with Crippen molar-refractivity contribution in [2.75, 3.05) is 6.54 Å². The van der Waals surface area contributed by atoms with Crippen molar-refractivity contribution in [1.82, 2.24) is 4.90 Å². The lowest BCUT2D eigenvalue weighted by atomic mass is 10.2. The second-order valence-corrected chi connectivity index (χ2v) is 3.18. The van der Waals surface area contributed by atoms with Crippen LogP contribution < -0.4 is 0 Å². The minimum Gasteiger partial charge on any atom is -0.503 e. The molecule has 1 aliphatic rings. The molecule has 0 saturated heterocycles. The highest BCUT2D eigenvalue weighted by atomic mass is 16.3. The molecule has 2 rings (SSSR count). The van der Waals surface area contributed by atoms with Crippen LogP contribution in [-0.4, -0.2) is 28.4 Å². The van der Waals surface area contributed by atoms with E-state index in [1.807, 2.05) is 0 Å². The molecule has 0 bridgehead atoms. The number of carbonyl (C=O) groups excluding carboxylic acids is 2. The van der Waals surface area contributed by atoms with Gasteiger partial charge in [0, 0.05) is 5.56 Å². The molecule has 0 spiro atoms. The number of rotatable bonds is 1. The molecule has 15 heavy (non-hydrogen) atoms. The van der Waals surface area contributed by atoms with Gasteiger partial charge in [0.2, 0.25) is 0 Å². The SMILES string of the molecule is O=C1C(O)=CCN1C(=O)c1ccccc1. The molecule has 4 nitrogen and oxygen atoms in total. The Morgan fingerprint density at radius 2 is 1.93 bits per heavy atom. The highest BCUT2D eigenvalue weighted by Gasteiger charge is 2.29. The number of aliphatic hydroxyl groups is 1. The van der Waals surface area contributed by atoms with Gasteiger partial charge >= 0.3 is 0 Å². The normalized spacial score (nSPS) is 15.3. The second kappa shape index (κ2) is 3.57. The van der Waals surface area contributed by atoms with Crippen molar-refractivity contribution in [3.8, 4) is 0 Å². The third-order valence-electron chi connectivity index (χ3n) is 2.20. The van der Waals surface area contributed by atoms with Crippen LogP contribution in [0.5, 0.6) is 0 Å². The maximum absolute atomic E-state index is 11.8. The minimum absolute atomic E-state index is 0.137. The van der Waals surface area contributed by atoms with Gasteiger partial charge in [-0.3, -0.25) is 14.5 Å². The van der Waals surface area contributed by atoms with Gasteiger partial charge in [-0.25, -0.2) is 0 Å². The monoisotopic (exact) mass is 203 g/mol. The first-order valence-corrected chi connectivity index (χ1v) is 4.50. The average Bonchev–Trinajstić information content (AvgIpc) is 2.60. The van der Waals surface area contributed by atoms with E-state index < -0.39 is 5.91 Å². The Hall–Kier alpha value is -2.10. The molecular weight excluding hydrogens is 194 g/mol. The fraction of sp³-hybridized carbons (Fsp3) is 0.0909. The summed E-state index contributed by atoms with van der Waals surface area (Å²) in [6.45, 7) is 0.137. The predicted molar refractivity (Wildman–Crippen MR) is 53.2 cm³/mol. The Labute approximate surface area is 86.4 Å². The Kier molecular flexibility index (Phi) is 2.25. The lowest BCUT2D eigenvalue weighted by Crippen LogP contribution is -2.33. The number of hydrogen-bond acceptors (Lipinski definition) is 3. The molecule has 0 unspecified atom stereocenters. The summed E-state index contributed by atoms with van der Waals surface area (Å²) in [5, 5.41) is 9.08. The number of nitrogens with zero attached hydrogens (tertiary/aromatic N) is 1. The molecule has 0 aliphatic carbocycles. The second-order valence-electron chi connectivity index (χ2n) is 3.18. The van der Waals surface area contributed by atoms with E-state index in [0.29, 0.717) is 5.56 Å². The van der Waals surface area contributed by atoms with Crippen molar-refractivity contribution in [2.45, 2.75) is 0 Å². The molecule has 4 heteroatoms. The first kappa shape index (κ1) is 9.45. The smallest absolute Gasteiger partial charge is 0.295 e. The summed E-state index contributed by atoms with van der Waals surface area (Å²) in [6, 6.07) is 8.50. The molecule has 1 aliphatic heterocycles. The van der Waals surface area contributed by atoms with Crippen LogP contribution in [0.1, 0.15) is 10.4 Å². The van der Waals surface area contributed by atoms with Crippen molar-refractivity contribution in [3.63, 3.8) is 0 Å². The summed E-state index contributed by atoms with van der Waals surface area (Å²) in [7, 11) is 0. The lowest BCUT2D eigenvalue weighted by molar-refractivity contribution is -0.125. The van der Waals surface area contributed by atoms with Gasteiger partial charge in [-0.2, -0.15) is 0 Å². The van der Waals surface area contributed by atoms with Crippen molar-refractivity contribution in [2.24, 2.45) is 0 Å². The molecule has 1 aromatic rings. The molecule has 0 fully saturated rings. The molecule has 0 atom stereocenters. The quantitative estimate of drug-likeness (QED) is 0.695. The summed E-state index contributed by atoms with van der Waals surface area (Å²) >= 11 is 0. The lowest BCUT2D eigenvalue weighted by Gasteiger charge is -2.13. The molecule has 0 aromatic heterocycles. The average molecular weight is 203 g/mol. The minimum atomic E-state index is -0.635. The molecule has 1 N–H and O–H groups in total. The van der Waals surface area contributed by atoms with Gasteiger partial charge in [-0.15, -0.1) is 0 Å². The van der Waals surface area contributed by atoms with Crippen LogP contribution in [0.4, 0.5) is 0 Å². The van der Waals surface area contributed by atoms with Gasteiger partial charge in [-0.05, 0) is 18.2 Å². The third kappa shape index (κ3) is 1.61. The van der Waals surface area contributed by atoms with Gasteiger partial charge in [-0.1, -0.05) is 18.2 Å². The van der Waals surface area contributed by atoms with E-state index in [2.05, 4.69) is 0 Å². The van der Waals surface area contributed by atoms with E-state index in [4.69, 9.17) is 5.11 Å². The summed E-state index contributed by atoms with van der Waals surface area (Å²) < 4.78 is 0. The van der Waals surface area contributed by atoms with Gasteiger partial charge in [0.25, 0.3) is 11.8 Å². The van der Waals surface area contributed by atoms with Gasteiger partial charge in [0.1, 0.15) is 0 Å². The van der Waals surface area contributed by atoms with E-state index in [1.54, 1.807) is 30.3 Å². The Bertz CT molecular complexity index is 436. The molecule has 2 amide bonds. The summed E-state index contributed by atoms with van der Waals surface area (Å²) in [6.07, 6.45) is 1.32. The van der Waals surface area contributed by atoms with E-state index in [0.717, 1.165) is 4.90 Å². The van der Waals surface area contributed by atoms with Crippen molar-refractivity contribution < 1.29 is 14.7 Å². The van der Waals surface area contributed by atoms with Crippen LogP contribution in [0.25, 0.3) is 0 Å². The van der Waals surface area contributed by atoms with Crippen LogP contribution in [0, 0.1) is 0 Å². The first-order chi connectivity index (χ1) is 7.20.